The summed E-state index contributed by atoms with van der Waals surface area (Å²) in [5, 5.41) is 10.5. The minimum absolute atomic E-state index is 0.264. The van der Waals surface area contributed by atoms with Crippen LogP contribution in [0.5, 0.6) is 5.75 Å². The number of hydrogen-bond acceptors (Lipinski definition) is 2. The summed E-state index contributed by atoms with van der Waals surface area (Å²) in [6.07, 6.45) is 1.88. The fourth-order valence-electron chi connectivity index (χ4n) is 3.01. The SMILES string of the molecule is O=C(O)c1ccccc1-n1ccc2ccc(OCc3ccccc3)cc21. The molecule has 0 radical (unpaired) electrons. The molecule has 128 valence electrons. The van der Waals surface area contributed by atoms with Gasteiger partial charge in [0.25, 0.3) is 0 Å². The van der Waals surface area contributed by atoms with Crippen LogP contribution >= 0.6 is 0 Å². The number of rotatable bonds is 5. The number of hydrogen-bond donors (Lipinski definition) is 1. The van der Waals surface area contributed by atoms with E-state index in [1.54, 1.807) is 18.2 Å². The first-order valence-corrected chi connectivity index (χ1v) is 8.33. The Morgan fingerprint density at radius 3 is 2.50 bits per heavy atom. The molecule has 0 aliphatic rings. The topological polar surface area (TPSA) is 51.5 Å². The summed E-state index contributed by atoms with van der Waals surface area (Å²) in [7, 11) is 0. The van der Waals surface area contributed by atoms with Gasteiger partial charge in [-0.2, -0.15) is 0 Å². The molecule has 0 saturated heterocycles. The Balaban J connectivity index is 1.70. The molecule has 1 N–H and O–H groups in total. The van der Waals surface area contributed by atoms with Gasteiger partial charge in [-0.05, 0) is 35.9 Å². The number of carbonyl (C=O) groups is 1. The van der Waals surface area contributed by atoms with Crippen LogP contribution < -0.4 is 4.74 Å². The molecule has 4 aromatic rings. The van der Waals surface area contributed by atoms with Crippen LogP contribution in [0.25, 0.3) is 16.6 Å². The van der Waals surface area contributed by atoms with Gasteiger partial charge in [-0.1, -0.05) is 42.5 Å². The van der Waals surface area contributed by atoms with Crippen LogP contribution in [0.4, 0.5) is 0 Å². The van der Waals surface area contributed by atoms with Crippen LogP contribution in [-0.4, -0.2) is 15.6 Å². The Hall–Kier alpha value is -3.53. The zero-order valence-electron chi connectivity index (χ0n) is 14.0. The smallest absolute Gasteiger partial charge is 0.337 e. The van der Waals surface area contributed by atoms with Crippen LogP contribution in [0, 0.1) is 0 Å². The maximum absolute atomic E-state index is 11.5. The fraction of sp³-hybridized carbons (Fsp3) is 0.0455. The highest BCUT2D eigenvalue weighted by Crippen LogP contribution is 2.27. The van der Waals surface area contributed by atoms with E-state index in [1.165, 1.54) is 0 Å². The molecule has 0 bridgehead atoms. The number of nitrogens with zero attached hydrogens (tertiary/aromatic N) is 1. The maximum Gasteiger partial charge on any atom is 0.337 e. The number of aromatic nitrogens is 1. The number of carboxylic acids is 1. The minimum Gasteiger partial charge on any atom is -0.489 e. The Bertz CT molecular complexity index is 1070. The van der Waals surface area contributed by atoms with E-state index in [2.05, 4.69) is 0 Å². The summed E-state index contributed by atoms with van der Waals surface area (Å²) in [4.78, 5) is 11.5. The highest BCUT2D eigenvalue weighted by molar-refractivity contribution is 5.93. The lowest BCUT2D eigenvalue weighted by Crippen LogP contribution is -2.04. The number of aromatic carboxylic acids is 1. The third kappa shape index (κ3) is 3.05. The lowest BCUT2D eigenvalue weighted by Gasteiger charge is -2.11. The second-order valence-corrected chi connectivity index (χ2v) is 6.00. The van der Waals surface area contributed by atoms with E-state index in [-0.39, 0.29) is 5.56 Å². The van der Waals surface area contributed by atoms with Crippen LogP contribution in [0.2, 0.25) is 0 Å². The number of carboxylic acid groups (broad SMARTS) is 1. The van der Waals surface area contributed by atoms with Gasteiger partial charge >= 0.3 is 5.97 Å². The normalized spacial score (nSPS) is 10.8. The molecular formula is C22H17NO3. The summed E-state index contributed by atoms with van der Waals surface area (Å²) >= 11 is 0. The van der Waals surface area contributed by atoms with Crippen molar-refractivity contribution in [1.82, 2.24) is 4.57 Å². The van der Waals surface area contributed by atoms with E-state index >= 15 is 0 Å². The first kappa shape index (κ1) is 16.0. The van der Waals surface area contributed by atoms with Gasteiger partial charge in [-0.3, -0.25) is 0 Å². The Morgan fingerprint density at radius 1 is 0.923 bits per heavy atom. The van der Waals surface area contributed by atoms with Crippen molar-refractivity contribution in [3.05, 3.63) is 96.2 Å². The molecule has 1 heterocycles. The van der Waals surface area contributed by atoms with Gasteiger partial charge in [0.2, 0.25) is 0 Å². The van der Waals surface area contributed by atoms with E-state index in [1.807, 2.05) is 71.4 Å². The van der Waals surface area contributed by atoms with Crippen molar-refractivity contribution in [2.24, 2.45) is 0 Å². The molecule has 0 saturated carbocycles. The average molecular weight is 343 g/mol. The monoisotopic (exact) mass is 343 g/mol. The van der Waals surface area contributed by atoms with Crippen LogP contribution in [-0.2, 0) is 6.61 Å². The summed E-state index contributed by atoms with van der Waals surface area (Å²) in [5.74, 6) is -0.201. The molecule has 0 amide bonds. The van der Waals surface area contributed by atoms with Crippen molar-refractivity contribution in [3.8, 4) is 11.4 Å². The molecule has 1 aromatic heterocycles. The highest BCUT2D eigenvalue weighted by Gasteiger charge is 2.13. The van der Waals surface area contributed by atoms with Crippen molar-refractivity contribution in [2.45, 2.75) is 6.61 Å². The van der Waals surface area contributed by atoms with Crippen molar-refractivity contribution < 1.29 is 14.6 Å². The van der Waals surface area contributed by atoms with Gasteiger partial charge in [-0.25, -0.2) is 4.79 Å². The lowest BCUT2D eigenvalue weighted by molar-refractivity contribution is 0.0697. The second-order valence-electron chi connectivity index (χ2n) is 6.00. The van der Waals surface area contributed by atoms with E-state index < -0.39 is 5.97 Å². The zero-order chi connectivity index (χ0) is 17.9. The Morgan fingerprint density at radius 2 is 1.69 bits per heavy atom. The number of ether oxygens (including phenoxy) is 1. The lowest BCUT2D eigenvalue weighted by atomic mass is 10.1. The largest absolute Gasteiger partial charge is 0.489 e. The quantitative estimate of drug-likeness (QED) is 0.560. The van der Waals surface area contributed by atoms with Gasteiger partial charge < -0.3 is 14.4 Å². The zero-order valence-corrected chi connectivity index (χ0v) is 14.0. The molecule has 4 rings (SSSR count). The van der Waals surface area contributed by atoms with E-state index in [9.17, 15) is 9.90 Å². The molecule has 4 heteroatoms. The molecular weight excluding hydrogens is 326 g/mol. The number of para-hydroxylation sites is 1. The standard InChI is InChI=1S/C22H17NO3/c24-22(25)19-8-4-5-9-20(19)23-13-12-17-10-11-18(14-21(17)23)26-15-16-6-2-1-3-7-16/h1-14H,15H2,(H,24,25). The summed E-state index contributed by atoms with van der Waals surface area (Å²) in [6, 6.07) is 24.8. The Labute approximate surface area is 150 Å². The third-order valence-corrected chi connectivity index (χ3v) is 4.31. The van der Waals surface area contributed by atoms with Gasteiger partial charge in [0.05, 0.1) is 16.8 Å². The molecule has 0 spiro atoms. The summed E-state index contributed by atoms with van der Waals surface area (Å²) in [6.45, 7) is 0.485. The minimum atomic E-state index is -0.945. The van der Waals surface area contributed by atoms with Gasteiger partial charge in [0.15, 0.2) is 0 Å². The highest BCUT2D eigenvalue weighted by atomic mass is 16.5. The number of benzene rings is 3. The summed E-state index contributed by atoms with van der Waals surface area (Å²) < 4.78 is 7.79. The van der Waals surface area contributed by atoms with Gasteiger partial charge in [0, 0.05) is 17.6 Å². The molecule has 26 heavy (non-hydrogen) atoms. The van der Waals surface area contributed by atoms with Gasteiger partial charge in [0.1, 0.15) is 12.4 Å². The Kier molecular flexibility index (Phi) is 4.15. The van der Waals surface area contributed by atoms with E-state index in [4.69, 9.17) is 4.74 Å². The first-order chi connectivity index (χ1) is 12.7. The summed E-state index contributed by atoms with van der Waals surface area (Å²) in [5.41, 5.74) is 2.90. The molecule has 0 aliphatic heterocycles. The molecule has 0 aliphatic carbocycles. The van der Waals surface area contributed by atoms with Crippen molar-refractivity contribution in [3.63, 3.8) is 0 Å². The van der Waals surface area contributed by atoms with Crippen LogP contribution in [0.1, 0.15) is 15.9 Å². The molecule has 4 nitrogen and oxygen atoms in total. The second kappa shape index (κ2) is 6.76. The fourth-order valence-corrected chi connectivity index (χ4v) is 3.01. The van der Waals surface area contributed by atoms with Crippen LogP contribution in [0.15, 0.2) is 85.1 Å². The molecule has 0 fully saturated rings. The predicted molar refractivity (Wildman–Crippen MR) is 101 cm³/mol. The van der Waals surface area contributed by atoms with E-state index in [0.29, 0.717) is 12.3 Å². The number of fused-ring (bicyclic) bond motifs is 1. The van der Waals surface area contributed by atoms with E-state index in [0.717, 1.165) is 22.2 Å². The molecule has 0 atom stereocenters. The molecule has 3 aromatic carbocycles. The third-order valence-electron chi connectivity index (χ3n) is 4.31. The van der Waals surface area contributed by atoms with Crippen molar-refractivity contribution in [1.29, 1.82) is 0 Å². The maximum atomic E-state index is 11.5. The van der Waals surface area contributed by atoms with Gasteiger partial charge in [-0.15, -0.1) is 0 Å². The average Bonchev–Trinajstić information content (AvgIpc) is 3.10. The van der Waals surface area contributed by atoms with Crippen molar-refractivity contribution >= 4 is 16.9 Å². The predicted octanol–water partition coefficient (Wildman–Crippen LogP) is 4.91. The van der Waals surface area contributed by atoms with Crippen LogP contribution in [0.3, 0.4) is 0 Å². The molecule has 0 unspecified atom stereocenters. The van der Waals surface area contributed by atoms with Crippen molar-refractivity contribution in [2.75, 3.05) is 0 Å². The first-order valence-electron chi connectivity index (χ1n) is 8.33.